The SMILES string of the molecule is CNCc1cc(C(C)C)nc(N2CCCC(C)(C)CC2)c1. The zero-order chi connectivity index (χ0) is 15.5. The summed E-state index contributed by atoms with van der Waals surface area (Å²) in [5.41, 5.74) is 3.02. The third-order valence-corrected chi connectivity index (χ3v) is 4.53. The van der Waals surface area contributed by atoms with Gasteiger partial charge in [0.2, 0.25) is 0 Å². The Bertz CT molecular complexity index is 466. The normalized spacial score (nSPS) is 18.9. The van der Waals surface area contributed by atoms with Crippen LogP contribution in [0.4, 0.5) is 5.82 Å². The summed E-state index contributed by atoms with van der Waals surface area (Å²) in [4.78, 5) is 7.41. The Hall–Kier alpha value is -1.09. The maximum atomic E-state index is 4.93. The summed E-state index contributed by atoms with van der Waals surface area (Å²) in [5, 5.41) is 3.26. The number of pyridine rings is 1. The summed E-state index contributed by atoms with van der Waals surface area (Å²) in [7, 11) is 2.00. The molecule has 0 spiro atoms. The monoisotopic (exact) mass is 289 g/mol. The van der Waals surface area contributed by atoms with Crippen LogP contribution in [0.2, 0.25) is 0 Å². The Balaban J connectivity index is 2.25. The molecule has 0 aliphatic carbocycles. The van der Waals surface area contributed by atoms with E-state index in [-0.39, 0.29) is 0 Å². The van der Waals surface area contributed by atoms with Crippen LogP contribution < -0.4 is 10.2 Å². The van der Waals surface area contributed by atoms with Crippen molar-refractivity contribution in [2.75, 3.05) is 25.0 Å². The first-order valence-corrected chi connectivity index (χ1v) is 8.32. The minimum Gasteiger partial charge on any atom is -0.357 e. The van der Waals surface area contributed by atoms with Crippen molar-refractivity contribution in [3.05, 3.63) is 23.4 Å². The van der Waals surface area contributed by atoms with E-state index in [2.05, 4.69) is 50.0 Å². The Morgan fingerprint density at radius 3 is 2.67 bits per heavy atom. The molecular weight excluding hydrogens is 258 g/mol. The van der Waals surface area contributed by atoms with Gasteiger partial charge in [0.1, 0.15) is 5.82 Å². The predicted molar refractivity (Wildman–Crippen MR) is 90.9 cm³/mol. The Labute approximate surface area is 130 Å². The molecule has 0 amide bonds. The van der Waals surface area contributed by atoms with Gasteiger partial charge in [-0.1, -0.05) is 27.7 Å². The molecule has 1 fully saturated rings. The van der Waals surface area contributed by atoms with E-state index in [9.17, 15) is 0 Å². The van der Waals surface area contributed by atoms with Crippen LogP contribution in [0.25, 0.3) is 0 Å². The van der Waals surface area contributed by atoms with Crippen LogP contribution in [0.15, 0.2) is 12.1 Å². The first kappa shape index (κ1) is 16.3. The molecule has 1 aromatic heterocycles. The molecule has 3 nitrogen and oxygen atoms in total. The van der Waals surface area contributed by atoms with E-state index < -0.39 is 0 Å². The molecule has 1 aromatic rings. The molecule has 0 saturated carbocycles. The zero-order valence-corrected chi connectivity index (χ0v) is 14.4. The van der Waals surface area contributed by atoms with E-state index in [1.165, 1.54) is 36.3 Å². The smallest absolute Gasteiger partial charge is 0.129 e. The Morgan fingerprint density at radius 1 is 1.24 bits per heavy atom. The summed E-state index contributed by atoms with van der Waals surface area (Å²) in [6.07, 6.45) is 3.83. The van der Waals surface area contributed by atoms with E-state index in [0.717, 1.165) is 19.6 Å². The van der Waals surface area contributed by atoms with Crippen LogP contribution in [0.3, 0.4) is 0 Å². The van der Waals surface area contributed by atoms with E-state index in [4.69, 9.17) is 4.98 Å². The van der Waals surface area contributed by atoms with Gasteiger partial charge in [0.05, 0.1) is 0 Å². The van der Waals surface area contributed by atoms with Crippen LogP contribution in [-0.2, 0) is 6.54 Å². The molecule has 1 N–H and O–H groups in total. The largest absolute Gasteiger partial charge is 0.357 e. The highest BCUT2D eigenvalue weighted by atomic mass is 15.2. The first-order valence-electron chi connectivity index (χ1n) is 8.32. The van der Waals surface area contributed by atoms with E-state index in [1.807, 2.05) is 7.05 Å². The molecule has 2 heterocycles. The minimum absolute atomic E-state index is 0.470. The molecule has 1 aliphatic heterocycles. The lowest BCUT2D eigenvalue weighted by Gasteiger charge is -2.25. The summed E-state index contributed by atoms with van der Waals surface area (Å²) in [6.45, 7) is 12.4. The van der Waals surface area contributed by atoms with Crippen molar-refractivity contribution in [1.82, 2.24) is 10.3 Å². The molecule has 2 rings (SSSR count). The van der Waals surface area contributed by atoms with Crippen molar-refractivity contribution < 1.29 is 0 Å². The van der Waals surface area contributed by atoms with Crippen molar-refractivity contribution in [2.24, 2.45) is 5.41 Å². The van der Waals surface area contributed by atoms with Gasteiger partial charge in [-0.05, 0) is 55.3 Å². The van der Waals surface area contributed by atoms with Gasteiger partial charge in [-0.25, -0.2) is 4.98 Å². The highest BCUT2D eigenvalue weighted by Gasteiger charge is 2.24. The number of hydrogen-bond donors (Lipinski definition) is 1. The predicted octanol–water partition coefficient (Wildman–Crippen LogP) is 3.94. The summed E-state index contributed by atoms with van der Waals surface area (Å²) >= 11 is 0. The van der Waals surface area contributed by atoms with Crippen molar-refractivity contribution in [2.45, 2.75) is 59.4 Å². The fourth-order valence-corrected chi connectivity index (χ4v) is 3.01. The molecule has 0 atom stereocenters. The lowest BCUT2D eigenvalue weighted by Crippen LogP contribution is -2.26. The lowest BCUT2D eigenvalue weighted by molar-refractivity contribution is 0.325. The van der Waals surface area contributed by atoms with Gasteiger partial charge in [-0.3, -0.25) is 0 Å². The van der Waals surface area contributed by atoms with Gasteiger partial charge in [0.25, 0.3) is 0 Å². The first-order chi connectivity index (χ1) is 9.91. The van der Waals surface area contributed by atoms with Crippen molar-refractivity contribution in [1.29, 1.82) is 0 Å². The molecule has 1 saturated heterocycles. The van der Waals surface area contributed by atoms with Gasteiger partial charge in [-0.2, -0.15) is 0 Å². The second-order valence-electron chi connectivity index (χ2n) is 7.45. The average molecular weight is 289 g/mol. The van der Waals surface area contributed by atoms with Gasteiger partial charge >= 0.3 is 0 Å². The highest BCUT2D eigenvalue weighted by Crippen LogP contribution is 2.31. The van der Waals surface area contributed by atoms with E-state index in [0.29, 0.717) is 11.3 Å². The van der Waals surface area contributed by atoms with Crippen molar-refractivity contribution in [3.63, 3.8) is 0 Å². The topological polar surface area (TPSA) is 28.2 Å². The van der Waals surface area contributed by atoms with Crippen LogP contribution in [0, 0.1) is 5.41 Å². The third kappa shape index (κ3) is 4.44. The second kappa shape index (κ2) is 6.78. The quantitative estimate of drug-likeness (QED) is 0.910. The number of aromatic nitrogens is 1. The summed E-state index contributed by atoms with van der Waals surface area (Å²) < 4.78 is 0. The zero-order valence-electron chi connectivity index (χ0n) is 14.4. The lowest BCUT2D eigenvalue weighted by atomic mass is 9.85. The average Bonchev–Trinajstić information content (AvgIpc) is 2.59. The van der Waals surface area contributed by atoms with Gasteiger partial charge in [0, 0.05) is 25.3 Å². The van der Waals surface area contributed by atoms with E-state index >= 15 is 0 Å². The molecule has 0 bridgehead atoms. The van der Waals surface area contributed by atoms with Crippen LogP contribution in [0.5, 0.6) is 0 Å². The van der Waals surface area contributed by atoms with Gasteiger partial charge in [-0.15, -0.1) is 0 Å². The van der Waals surface area contributed by atoms with Crippen molar-refractivity contribution >= 4 is 5.82 Å². The molecule has 118 valence electrons. The standard InChI is InChI=1S/C18H31N3/c1-14(2)16-11-15(13-19-5)12-17(20-16)21-9-6-7-18(3,4)8-10-21/h11-12,14,19H,6-10,13H2,1-5H3. The molecular formula is C18H31N3. The second-order valence-corrected chi connectivity index (χ2v) is 7.45. The third-order valence-electron chi connectivity index (χ3n) is 4.53. The highest BCUT2D eigenvalue weighted by molar-refractivity contribution is 5.43. The van der Waals surface area contributed by atoms with E-state index in [1.54, 1.807) is 0 Å². The Morgan fingerprint density at radius 2 is 2.00 bits per heavy atom. The van der Waals surface area contributed by atoms with Crippen LogP contribution in [-0.4, -0.2) is 25.1 Å². The number of nitrogens with zero attached hydrogens (tertiary/aromatic N) is 2. The maximum absolute atomic E-state index is 4.93. The van der Waals surface area contributed by atoms with Gasteiger partial charge in [0.15, 0.2) is 0 Å². The van der Waals surface area contributed by atoms with Crippen molar-refractivity contribution in [3.8, 4) is 0 Å². The van der Waals surface area contributed by atoms with Gasteiger partial charge < -0.3 is 10.2 Å². The molecule has 0 unspecified atom stereocenters. The number of hydrogen-bond acceptors (Lipinski definition) is 3. The summed E-state index contributed by atoms with van der Waals surface area (Å²) in [5.74, 6) is 1.65. The summed E-state index contributed by atoms with van der Waals surface area (Å²) in [6, 6.07) is 4.51. The van der Waals surface area contributed by atoms with Crippen LogP contribution in [0.1, 0.15) is 64.1 Å². The van der Waals surface area contributed by atoms with Crippen LogP contribution >= 0.6 is 0 Å². The molecule has 1 aliphatic rings. The number of anilines is 1. The molecule has 0 radical (unpaired) electrons. The number of rotatable bonds is 4. The molecule has 3 heteroatoms. The fraction of sp³-hybridized carbons (Fsp3) is 0.722. The number of nitrogens with one attached hydrogen (secondary N) is 1. The molecule has 21 heavy (non-hydrogen) atoms. The molecule has 0 aromatic carbocycles. The minimum atomic E-state index is 0.470. The maximum Gasteiger partial charge on any atom is 0.129 e. The Kier molecular flexibility index (Phi) is 5.26. The fourth-order valence-electron chi connectivity index (χ4n) is 3.01.